The summed E-state index contributed by atoms with van der Waals surface area (Å²) in [6, 6.07) is 17.2. The lowest BCUT2D eigenvalue weighted by atomic mass is 9.84. The lowest BCUT2D eigenvalue weighted by Gasteiger charge is -2.34. The number of rotatable bonds is 9. The van der Waals surface area contributed by atoms with E-state index in [4.69, 9.17) is 0 Å². The Morgan fingerprint density at radius 2 is 1.74 bits per heavy atom. The van der Waals surface area contributed by atoms with Crippen LogP contribution >= 0.6 is 0 Å². The minimum atomic E-state index is 0.150. The molecule has 1 saturated heterocycles. The number of benzene rings is 2. The summed E-state index contributed by atoms with van der Waals surface area (Å²) in [4.78, 5) is 2.57. The fourth-order valence-electron chi connectivity index (χ4n) is 5.07. The number of allylic oxidation sites excluding steroid dienone is 5. The number of aliphatic hydroxyl groups excluding tert-OH is 1. The van der Waals surface area contributed by atoms with Gasteiger partial charge in [-0.3, -0.25) is 0 Å². The number of likely N-dealkylation sites (tertiary alicyclic amines) is 1. The molecule has 0 aliphatic carbocycles. The third kappa shape index (κ3) is 6.49. The van der Waals surface area contributed by atoms with Crippen LogP contribution in [0.25, 0.3) is 5.57 Å². The number of phenols is 1. The minimum absolute atomic E-state index is 0.150. The van der Waals surface area contributed by atoms with E-state index < -0.39 is 0 Å². The van der Waals surface area contributed by atoms with Crippen molar-refractivity contribution in [1.29, 1.82) is 0 Å². The van der Waals surface area contributed by atoms with Crippen LogP contribution in [0.1, 0.15) is 76.0 Å². The fraction of sp³-hybridized carbons (Fsp3) is 0.419. The highest BCUT2D eigenvalue weighted by atomic mass is 16.3. The summed E-state index contributed by atoms with van der Waals surface area (Å²) in [7, 11) is 0. The van der Waals surface area contributed by atoms with E-state index in [1.165, 1.54) is 24.0 Å². The Morgan fingerprint density at radius 1 is 1.03 bits per heavy atom. The van der Waals surface area contributed by atoms with Gasteiger partial charge in [0.25, 0.3) is 0 Å². The minimum Gasteiger partial charge on any atom is -0.508 e. The Morgan fingerprint density at radius 3 is 2.29 bits per heavy atom. The van der Waals surface area contributed by atoms with Crippen LogP contribution in [-0.2, 0) is 0 Å². The lowest BCUT2D eigenvalue weighted by Crippen LogP contribution is -2.37. The summed E-state index contributed by atoms with van der Waals surface area (Å²) >= 11 is 0. The molecule has 182 valence electrons. The highest BCUT2D eigenvalue weighted by Crippen LogP contribution is 2.36. The molecule has 3 nitrogen and oxygen atoms in total. The van der Waals surface area contributed by atoms with Crippen molar-refractivity contribution in [3.8, 4) is 5.75 Å². The first-order valence-corrected chi connectivity index (χ1v) is 12.8. The van der Waals surface area contributed by atoms with Crippen LogP contribution in [0.2, 0.25) is 0 Å². The highest BCUT2D eigenvalue weighted by molar-refractivity contribution is 5.85. The number of piperidine rings is 1. The molecule has 0 bridgehead atoms. The van der Waals surface area contributed by atoms with Crippen LogP contribution in [0, 0.1) is 0 Å². The van der Waals surface area contributed by atoms with Gasteiger partial charge in [0.05, 0.1) is 0 Å². The maximum Gasteiger partial charge on any atom is 0.116 e. The summed E-state index contributed by atoms with van der Waals surface area (Å²) in [6.45, 7) is 11.1. The van der Waals surface area contributed by atoms with Crippen LogP contribution in [0.3, 0.4) is 0 Å². The molecule has 2 aromatic carbocycles. The van der Waals surface area contributed by atoms with Gasteiger partial charge in [0.1, 0.15) is 5.75 Å². The average molecular weight is 460 g/mol. The molecule has 0 radical (unpaired) electrons. The van der Waals surface area contributed by atoms with Crippen molar-refractivity contribution < 1.29 is 10.2 Å². The lowest BCUT2D eigenvalue weighted by molar-refractivity contribution is 0.172. The first-order valence-electron chi connectivity index (χ1n) is 12.8. The molecule has 1 heterocycles. The van der Waals surface area contributed by atoms with Gasteiger partial charge >= 0.3 is 0 Å². The van der Waals surface area contributed by atoms with Crippen molar-refractivity contribution in [1.82, 2.24) is 4.90 Å². The number of phenolic OH excluding ortho intramolecular Hbond substituents is 1. The highest BCUT2D eigenvalue weighted by Gasteiger charge is 2.22. The molecule has 0 amide bonds. The van der Waals surface area contributed by atoms with Crippen LogP contribution in [0.5, 0.6) is 5.75 Å². The first kappa shape index (κ1) is 26.0. The Bertz CT molecular complexity index is 1010. The van der Waals surface area contributed by atoms with Gasteiger partial charge in [0.2, 0.25) is 0 Å². The van der Waals surface area contributed by atoms with Gasteiger partial charge in [-0.05, 0) is 118 Å². The van der Waals surface area contributed by atoms with E-state index in [1.54, 1.807) is 6.07 Å². The molecule has 2 N–H and O–H groups in total. The summed E-state index contributed by atoms with van der Waals surface area (Å²) in [5.74, 6) is 0.873. The van der Waals surface area contributed by atoms with Crippen molar-refractivity contribution in [2.75, 3.05) is 19.7 Å². The summed E-state index contributed by atoms with van der Waals surface area (Å²) in [5.41, 5.74) is 7.02. The standard InChI is InChI=1S/C31H41NO2/c1-5-9-24(6-2)30(12-8-21-33)31(28-10-7-11-29(34)22-28)27-15-13-25(14-16-27)26-17-19-32(20-18-26)23(3)4/h5-7,9-11,13-16,22-23,26,33-34H,8,12,17-21H2,1-4H3/b9-5-,24-6+,31-30+. The summed E-state index contributed by atoms with van der Waals surface area (Å²) in [5, 5.41) is 19.8. The van der Waals surface area contributed by atoms with E-state index in [9.17, 15) is 10.2 Å². The second-order valence-electron chi connectivity index (χ2n) is 9.50. The maximum absolute atomic E-state index is 10.2. The number of aromatic hydroxyl groups is 1. The molecule has 1 aliphatic heterocycles. The molecule has 34 heavy (non-hydrogen) atoms. The van der Waals surface area contributed by atoms with Gasteiger partial charge in [-0.2, -0.15) is 0 Å². The topological polar surface area (TPSA) is 43.7 Å². The Labute approximate surface area is 206 Å². The molecular weight excluding hydrogens is 418 g/mol. The van der Waals surface area contributed by atoms with E-state index in [-0.39, 0.29) is 12.4 Å². The molecule has 1 aliphatic rings. The molecule has 0 saturated carbocycles. The third-order valence-corrected chi connectivity index (χ3v) is 6.96. The van der Waals surface area contributed by atoms with Crippen molar-refractivity contribution in [2.24, 2.45) is 0 Å². The number of hydrogen-bond acceptors (Lipinski definition) is 3. The van der Waals surface area contributed by atoms with Crippen molar-refractivity contribution in [3.63, 3.8) is 0 Å². The van der Waals surface area contributed by atoms with Crippen molar-refractivity contribution in [3.05, 3.63) is 94.6 Å². The second-order valence-corrected chi connectivity index (χ2v) is 9.50. The zero-order chi connectivity index (χ0) is 24.5. The Hall–Kier alpha value is -2.62. The number of hydrogen-bond donors (Lipinski definition) is 2. The molecule has 0 atom stereocenters. The molecule has 2 aromatic rings. The van der Waals surface area contributed by atoms with E-state index in [2.05, 4.69) is 74.2 Å². The predicted molar refractivity (Wildman–Crippen MR) is 144 cm³/mol. The average Bonchev–Trinajstić information content (AvgIpc) is 2.85. The molecule has 3 heteroatoms. The zero-order valence-corrected chi connectivity index (χ0v) is 21.3. The fourth-order valence-corrected chi connectivity index (χ4v) is 5.07. The van der Waals surface area contributed by atoms with Gasteiger partial charge in [-0.15, -0.1) is 0 Å². The molecular formula is C31H41NO2. The van der Waals surface area contributed by atoms with Crippen LogP contribution in [-0.4, -0.2) is 40.9 Å². The van der Waals surface area contributed by atoms with E-state index in [0.717, 1.165) is 41.8 Å². The van der Waals surface area contributed by atoms with E-state index in [0.29, 0.717) is 18.4 Å². The summed E-state index contributed by atoms with van der Waals surface area (Å²) < 4.78 is 0. The SMILES string of the molecule is C\C=C/C(=C\C)C(/CCCO)=C(\c1ccc(C2CCN(C(C)C)CC2)cc1)c1cccc(O)c1. The van der Waals surface area contributed by atoms with E-state index >= 15 is 0 Å². The van der Waals surface area contributed by atoms with Gasteiger partial charge in [-0.25, -0.2) is 0 Å². The molecule has 1 fully saturated rings. The third-order valence-electron chi connectivity index (χ3n) is 6.96. The zero-order valence-electron chi connectivity index (χ0n) is 21.3. The van der Waals surface area contributed by atoms with Crippen LogP contribution < -0.4 is 0 Å². The predicted octanol–water partition coefficient (Wildman–Crippen LogP) is 7.08. The largest absolute Gasteiger partial charge is 0.508 e. The molecule has 0 spiro atoms. The van der Waals surface area contributed by atoms with Gasteiger partial charge in [0.15, 0.2) is 0 Å². The maximum atomic E-state index is 10.2. The smallest absolute Gasteiger partial charge is 0.116 e. The van der Waals surface area contributed by atoms with Crippen molar-refractivity contribution >= 4 is 5.57 Å². The van der Waals surface area contributed by atoms with Gasteiger partial charge in [0, 0.05) is 12.6 Å². The Kier molecular flexibility index (Phi) is 9.74. The van der Waals surface area contributed by atoms with Gasteiger partial charge < -0.3 is 15.1 Å². The van der Waals surface area contributed by atoms with E-state index in [1.807, 2.05) is 19.1 Å². The molecule has 0 aromatic heterocycles. The number of nitrogens with zero attached hydrogens (tertiary/aromatic N) is 1. The molecule has 0 unspecified atom stereocenters. The number of aliphatic hydroxyl groups is 1. The Balaban J connectivity index is 2.04. The quantitative estimate of drug-likeness (QED) is 0.394. The van der Waals surface area contributed by atoms with Gasteiger partial charge in [-0.1, -0.05) is 54.6 Å². The monoisotopic (exact) mass is 459 g/mol. The normalized spacial score (nSPS) is 16.9. The summed E-state index contributed by atoms with van der Waals surface area (Å²) in [6.07, 6.45) is 10.2. The van der Waals surface area contributed by atoms with Crippen molar-refractivity contribution in [2.45, 2.75) is 65.3 Å². The second kappa shape index (κ2) is 12.7. The van der Waals surface area contributed by atoms with Crippen LogP contribution in [0.15, 0.2) is 77.9 Å². The van der Waals surface area contributed by atoms with Crippen LogP contribution in [0.4, 0.5) is 0 Å². The first-order chi connectivity index (χ1) is 16.5. The molecule has 3 rings (SSSR count).